The van der Waals surface area contributed by atoms with Crippen molar-refractivity contribution in [3.63, 3.8) is 0 Å². The van der Waals surface area contributed by atoms with E-state index in [4.69, 9.17) is 4.98 Å². The van der Waals surface area contributed by atoms with Crippen molar-refractivity contribution in [3.8, 4) is 11.3 Å². The highest BCUT2D eigenvalue weighted by Gasteiger charge is 2.20. The van der Waals surface area contributed by atoms with Gasteiger partial charge in [-0.3, -0.25) is 0 Å². The molecule has 1 aromatic heterocycles. The number of rotatable bonds is 5. The van der Waals surface area contributed by atoms with Crippen molar-refractivity contribution in [1.82, 2.24) is 10.3 Å². The minimum Gasteiger partial charge on any atom is -0.314 e. The Bertz CT molecular complexity index is 611. The summed E-state index contributed by atoms with van der Waals surface area (Å²) in [4.78, 5) is 6.17. The van der Waals surface area contributed by atoms with Gasteiger partial charge in [0.1, 0.15) is 0 Å². The van der Waals surface area contributed by atoms with Gasteiger partial charge in [0.05, 0.1) is 10.7 Å². The molecule has 0 amide bonds. The fraction of sp³-hybridized carbons (Fsp3) is 0.471. The molecule has 0 aliphatic heterocycles. The maximum atomic E-state index is 4.85. The van der Waals surface area contributed by atoms with E-state index in [0.717, 1.165) is 19.0 Å². The van der Waals surface area contributed by atoms with Crippen molar-refractivity contribution in [2.75, 3.05) is 6.54 Å². The van der Waals surface area contributed by atoms with Gasteiger partial charge in [-0.2, -0.15) is 0 Å². The average Bonchev–Trinajstić information content (AvgIpc) is 3.16. The second-order valence-electron chi connectivity index (χ2n) is 5.79. The highest BCUT2D eigenvalue weighted by atomic mass is 32.1. The fourth-order valence-electron chi connectivity index (χ4n) is 2.39. The first-order chi connectivity index (χ1) is 9.63. The zero-order chi connectivity index (χ0) is 14.1. The van der Waals surface area contributed by atoms with Crippen LogP contribution in [0, 0.1) is 20.8 Å². The number of thiazole rings is 1. The van der Waals surface area contributed by atoms with Crippen LogP contribution in [0.4, 0.5) is 0 Å². The van der Waals surface area contributed by atoms with E-state index in [1.54, 1.807) is 0 Å². The van der Waals surface area contributed by atoms with Crippen molar-refractivity contribution >= 4 is 11.3 Å². The fourth-order valence-corrected chi connectivity index (χ4v) is 3.34. The van der Waals surface area contributed by atoms with E-state index in [0.29, 0.717) is 0 Å². The molecule has 2 nitrogen and oxygen atoms in total. The van der Waals surface area contributed by atoms with Crippen molar-refractivity contribution in [1.29, 1.82) is 0 Å². The number of aryl methyl sites for hydroxylation is 3. The van der Waals surface area contributed by atoms with E-state index in [-0.39, 0.29) is 0 Å². The molecule has 0 bridgehead atoms. The van der Waals surface area contributed by atoms with Crippen LogP contribution in [-0.2, 0) is 6.42 Å². The van der Waals surface area contributed by atoms with Gasteiger partial charge in [-0.15, -0.1) is 11.3 Å². The van der Waals surface area contributed by atoms with E-state index in [9.17, 15) is 0 Å². The lowest BCUT2D eigenvalue weighted by Gasteiger charge is -2.03. The van der Waals surface area contributed by atoms with Crippen molar-refractivity contribution in [3.05, 3.63) is 39.2 Å². The lowest BCUT2D eigenvalue weighted by molar-refractivity contribution is 0.680. The van der Waals surface area contributed by atoms with E-state index in [2.05, 4.69) is 44.3 Å². The molecule has 1 aromatic carbocycles. The highest BCUT2D eigenvalue weighted by Crippen LogP contribution is 2.29. The summed E-state index contributed by atoms with van der Waals surface area (Å²) in [5, 5.41) is 4.81. The van der Waals surface area contributed by atoms with E-state index < -0.39 is 0 Å². The molecule has 1 heterocycles. The Labute approximate surface area is 125 Å². The molecule has 1 aliphatic rings. The lowest BCUT2D eigenvalue weighted by atomic mass is 10.0. The van der Waals surface area contributed by atoms with Crippen LogP contribution >= 0.6 is 11.3 Å². The first kappa shape index (κ1) is 13.8. The van der Waals surface area contributed by atoms with E-state index in [1.807, 2.05) is 11.3 Å². The van der Waals surface area contributed by atoms with Crippen LogP contribution in [0.5, 0.6) is 0 Å². The predicted molar refractivity (Wildman–Crippen MR) is 86.5 cm³/mol. The molecule has 1 N–H and O–H groups in total. The number of nitrogens with one attached hydrogen (secondary N) is 1. The number of nitrogens with zero attached hydrogens (tertiary/aromatic N) is 1. The van der Waals surface area contributed by atoms with Crippen LogP contribution < -0.4 is 5.32 Å². The second-order valence-corrected chi connectivity index (χ2v) is 7.08. The zero-order valence-corrected chi connectivity index (χ0v) is 13.3. The molecule has 20 heavy (non-hydrogen) atoms. The molecule has 106 valence electrons. The summed E-state index contributed by atoms with van der Waals surface area (Å²) in [7, 11) is 0. The largest absolute Gasteiger partial charge is 0.314 e. The number of aromatic nitrogens is 1. The molecular formula is C17H22N2S. The third kappa shape index (κ3) is 3.10. The summed E-state index contributed by atoms with van der Waals surface area (Å²) in [5.41, 5.74) is 5.10. The lowest BCUT2D eigenvalue weighted by Crippen LogP contribution is -2.19. The Morgan fingerprint density at radius 3 is 2.70 bits per heavy atom. The Morgan fingerprint density at radius 2 is 2.00 bits per heavy atom. The Kier molecular flexibility index (Phi) is 3.90. The van der Waals surface area contributed by atoms with Gasteiger partial charge in [-0.05, 0) is 50.8 Å². The third-order valence-electron chi connectivity index (χ3n) is 3.97. The standard InChI is InChI=1S/C17H22N2S/c1-11-4-5-14(10-12(11)2)17-13(3)20-16(19-17)8-9-18-15-6-7-15/h4-5,10,15,18H,6-9H2,1-3H3. The molecule has 3 rings (SSSR count). The zero-order valence-electron chi connectivity index (χ0n) is 12.5. The molecule has 1 fully saturated rings. The molecule has 0 radical (unpaired) electrons. The first-order valence-corrected chi connectivity index (χ1v) is 8.22. The summed E-state index contributed by atoms with van der Waals surface area (Å²) < 4.78 is 0. The third-order valence-corrected chi connectivity index (χ3v) is 5.00. The number of benzene rings is 1. The molecular weight excluding hydrogens is 264 g/mol. The van der Waals surface area contributed by atoms with Gasteiger partial charge in [0, 0.05) is 29.4 Å². The summed E-state index contributed by atoms with van der Waals surface area (Å²) in [6, 6.07) is 7.42. The topological polar surface area (TPSA) is 24.9 Å². The molecule has 1 saturated carbocycles. The molecule has 0 atom stereocenters. The molecule has 0 unspecified atom stereocenters. The predicted octanol–water partition coefficient (Wildman–Crippen LogP) is 4.03. The molecule has 0 saturated heterocycles. The quantitative estimate of drug-likeness (QED) is 0.897. The van der Waals surface area contributed by atoms with E-state index >= 15 is 0 Å². The van der Waals surface area contributed by atoms with Gasteiger partial charge in [0.2, 0.25) is 0 Å². The van der Waals surface area contributed by atoms with Crippen LogP contribution in [0.3, 0.4) is 0 Å². The van der Waals surface area contributed by atoms with Crippen molar-refractivity contribution < 1.29 is 0 Å². The van der Waals surface area contributed by atoms with Gasteiger partial charge >= 0.3 is 0 Å². The molecule has 0 spiro atoms. The maximum absolute atomic E-state index is 4.85. The van der Waals surface area contributed by atoms with Crippen LogP contribution in [-0.4, -0.2) is 17.6 Å². The Morgan fingerprint density at radius 1 is 1.20 bits per heavy atom. The summed E-state index contributed by atoms with van der Waals surface area (Å²) in [6.07, 6.45) is 3.75. The average molecular weight is 286 g/mol. The summed E-state index contributed by atoms with van der Waals surface area (Å²) in [6.45, 7) is 7.56. The van der Waals surface area contributed by atoms with Gasteiger partial charge < -0.3 is 5.32 Å². The Balaban J connectivity index is 1.74. The van der Waals surface area contributed by atoms with Gasteiger partial charge in [-0.1, -0.05) is 12.1 Å². The van der Waals surface area contributed by atoms with Gasteiger partial charge in [0.25, 0.3) is 0 Å². The Hall–Kier alpha value is -1.19. The maximum Gasteiger partial charge on any atom is 0.0948 e. The second kappa shape index (κ2) is 5.66. The minimum absolute atomic E-state index is 0.787. The van der Waals surface area contributed by atoms with Crippen LogP contribution in [0.25, 0.3) is 11.3 Å². The van der Waals surface area contributed by atoms with Crippen LogP contribution in [0.2, 0.25) is 0 Å². The molecule has 3 heteroatoms. The number of hydrogen-bond acceptors (Lipinski definition) is 3. The van der Waals surface area contributed by atoms with Crippen molar-refractivity contribution in [2.45, 2.75) is 46.1 Å². The van der Waals surface area contributed by atoms with Crippen LogP contribution in [0.15, 0.2) is 18.2 Å². The van der Waals surface area contributed by atoms with Crippen molar-refractivity contribution in [2.24, 2.45) is 0 Å². The number of hydrogen-bond donors (Lipinski definition) is 1. The van der Waals surface area contributed by atoms with Gasteiger partial charge in [-0.25, -0.2) is 4.98 Å². The molecule has 1 aliphatic carbocycles. The summed E-state index contributed by atoms with van der Waals surface area (Å²) >= 11 is 1.84. The summed E-state index contributed by atoms with van der Waals surface area (Å²) in [5.74, 6) is 0. The highest BCUT2D eigenvalue weighted by molar-refractivity contribution is 7.12. The SMILES string of the molecule is Cc1ccc(-c2nc(CCNC3CC3)sc2C)cc1C. The van der Waals surface area contributed by atoms with E-state index in [1.165, 1.54) is 45.1 Å². The normalized spacial score (nSPS) is 14.8. The van der Waals surface area contributed by atoms with Gasteiger partial charge in [0.15, 0.2) is 0 Å². The molecule has 2 aromatic rings. The minimum atomic E-state index is 0.787. The first-order valence-electron chi connectivity index (χ1n) is 7.41. The van der Waals surface area contributed by atoms with Crippen LogP contribution in [0.1, 0.15) is 33.9 Å². The smallest absolute Gasteiger partial charge is 0.0948 e. The monoisotopic (exact) mass is 286 g/mol.